The monoisotopic (exact) mass is 329 g/mol. The summed E-state index contributed by atoms with van der Waals surface area (Å²) in [4.78, 5) is 13.7. The second-order valence-corrected chi connectivity index (χ2v) is 6.86. The van der Waals surface area contributed by atoms with E-state index in [1.54, 1.807) is 10.9 Å². The molecule has 3 fully saturated rings. The van der Waals surface area contributed by atoms with Crippen LogP contribution in [0.5, 0.6) is 0 Å². The maximum Gasteiger partial charge on any atom is 0.522 e. The molecule has 1 aromatic heterocycles. The van der Waals surface area contributed by atoms with E-state index >= 15 is 0 Å². The lowest BCUT2D eigenvalue weighted by atomic mass is 9.89. The molecular weight excluding hydrogens is 311 g/mol. The topological polar surface area (TPSA) is 47.4 Å². The number of alkyl halides is 3. The summed E-state index contributed by atoms with van der Waals surface area (Å²) in [6.45, 7) is 1.74. The summed E-state index contributed by atoms with van der Waals surface area (Å²) >= 11 is 0. The van der Waals surface area contributed by atoms with Crippen LogP contribution in [0.15, 0.2) is 12.4 Å². The molecule has 2 atom stereocenters. The molecule has 23 heavy (non-hydrogen) atoms. The van der Waals surface area contributed by atoms with Gasteiger partial charge in [0.2, 0.25) is 0 Å². The van der Waals surface area contributed by atoms with Crippen molar-refractivity contribution in [2.75, 3.05) is 18.0 Å². The van der Waals surface area contributed by atoms with Crippen LogP contribution in [0.3, 0.4) is 0 Å². The quantitative estimate of drug-likeness (QED) is 0.855. The Morgan fingerprint density at radius 3 is 2.43 bits per heavy atom. The third-order valence-corrected chi connectivity index (χ3v) is 5.25. The highest BCUT2D eigenvalue weighted by atomic mass is 19.4. The first kappa shape index (κ1) is 15.0. The lowest BCUT2D eigenvalue weighted by Gasteiger charge is -2.35. The van der Waals surface area contributed by atoms with Gasteiger partial charge in [0.15, 0.2) is 0 Å². The number of aromatic nitrogens is 2. The van der Waals surface area contributed by atoms with Crippen LogP contribution in [0.2, 0.25) is 0 Å². The molecule has 4 rings (SSSR count). The SMILES string of the molecule is O=C1CC2CN(c3cnn([C@H]4C[C@@H](OC(F)(F)F)C4)c3)CC2C1. The van der Waals surface area contributed by atoms with Gasteiger partial charge in [-0.1, -0.05) is 0 Å². The minimum atomic E-state index is -4.56. The number of nitrogens with zero attached hydrogens (tertiary/aromatic N) is 3. The molecule has 2 unspecified atom stereocenters. The lowest BCUT2D eigenvalue weighted by Crippen LogP contribution is -2.37. The Morgan fingerprint density at radius 2 is 1.83 bits per heavy atom. The second kappa shape index (κ2) is 5.22. The van der Waals surface area contributed by atoms with E-state index in [9.17, 15) is 18.0 Å². The van der Waals surface area contributed by atoms with Crippen LogP contribution in [0, 0.1) is 11.8 Å². The zero-order valence-electron chi connectivity index (χ0n) is 12.5. The van der Waals surface area contributed by atoms with Gasteiger partial charge in [-0.2, -0.15) is 5.10 Å². The molecule has 3 aliphatic rings. The van der Waals surface area contributed by atoms with Gasteiger partial charge in [0, 0.05) is 32.1 Å². The molecule has 1 aromatic rings. The highest BCUT2D eigenvalue weighted by molar-refractivity contribution is 5.81. The van der Waals surface area contributed by atoms with Crippen molar-refractivity contribution < 1.29 is 22.7 Å². The number of carbonyl (C=O) groups excluding carboxylic acids is 1. The number of ether oxygens (including phenoxy) is 1. The van der Waals surface area contributed by atoms with E-state index in [0.29, 0.717) is 43.3 Å². The fourth-order valence-corrected chi connectivity index (χ4v) is 4.01. The lowest BCUT2D eigenvalue weighted by molar-refractivity contribution is -0.353. The number of Topliss-reactive ketones (excluding diaryl/α,β-unsaturated/α-hetero) is 1. The number of hydrogen-bond acceptors (Lipinski definition) is 4. The van der Waals surface area contributed by atoms with Crippen molar-refractivity contribution in [3.8, 4) is 0 Å². The van der Waals surface area contributed by atoms with Gasteiger partial charge in [-0.15, -0.1) is 13.2 Å². The molecule has 0 spiro atoms. The second-order valence-electron chi connectivity index (χ2n) is 6.86. The smallest absolute Gasteiger partial charge is 0.368 e. The summed E-state index contributed by atoms with van der Waals surface area (Å²) in [7, 11) is 0. The molecule has 1 saturated heterocycles. The number of halogens is 3. The van der Waals surface area contributed by atoms with Gasteiger partial charge in [-0.05, 0) is 24.7 Å². The predicted molar refractivity (Wildman–Crippen MR) is 74.9 cm³/mol. The molecule has 2 saturated carbocycles. The number of anilines is 1. The first-order valence-electron chi connectivity index (χ1n) is 7.93. The predicted octanol–water partition coefficient (Wildman–Crippen LogP) is 2.54. The third kappa shape index (κ3) is 2.96. The first-order chi connectivity index (χ1) is 10.9. The Balaban J connectivity index is 1.33. The Hall–Kier alpha value is -1.57. The van der Waals surface area contributed by atoms with Crippen molar-refractivity contribution in [3.05, 3.63) is 12.4 Å². The number of carbonyl (C=O) groups is 1. The van der Waals surface area contributed by atoms with Crippen LogP contribution in [-0.4, -0.2) is 41.1 Å². The summed E-state index contributed by atoms with van der Waals surface area (Å²) in [6.07, 6.45) is 0.363. The maximum absolute atomic E-state index is 12.1. The van der Waals surface area contributed by atoms with E-state index in [1.165, 1.54) is 0 Å². The number of fused-ring (bicyclic) bond motifs is 1. The van der Waals surface area contributed by atoms with Crippen molar-refractivity contribution >= 4 is 11.5 Å². The fourth-order valence-electron chi connectivity index (χ4n) is 4.01. The minimum absolute atomic E-state index is 0.0280. The molecule has 2 heterocycles. The number of hydrogen-bond donors (Lipinski definition) is 0. The van der Waals surface area contributed by atoms with Crippen LogP contribution in [0.1, 0.15) is 31.7 Å². The molecule has 126 valence electrons. The maximum atomic E-state index is 12.1. The molecular formula is C15H18F3N3O2. The van der Waals surface area contributed by atoms with Gasteiger partial charge >= 0.3 is 6.36 Å². The summed E-state index contributed by atoms with van der Waals surface area (Å²) < 4.78 is 42.1. The summed E-state index contributed by atoms with van der Waals surface area (Å²) in [6, 6.07) is -0.0280. The van der Waals surface area contributed by atoms with Crippen molar-refractivity contribution in [3.63, 3.8) is 0 Å². The van der Waals surface area contributed by atoms with Crippen LogP contribution in [0.25, 0.3) is 0 Å². The summed E-state index contributed by atoms with van der Waals surface area (Å²) in [5, 5.41) is 4.29. The molecule has 0 amide bonds. The van der Waals surface area contributed by atoms with Crippen LogP contribution >= 0.6 is 0 Å². The van der Waals surface area contributed by atoms with Crippen molar-refractivity contribution in [1.82, 2.24) is 9.78 Å². The molecule has 5 nitrogen and oxygen atoms in total. The molecule has 0 N–H and O–H groups in total. The molecule has 0 bridgehead atoms. The minimum Gasteiger partial charge on any atom is -0.368 e. The van der Waals surface area contributed by atoms with Crippen LogP contribution in [-0.2, 0) is 9.53 Å². The zero-order valence-corrected chi connectivity index (χ0v) is 12.5. The Kier molecular flexibility index (Phi) is 3.40. The summed E-state index contributed by atoms with van der Waals surface area (Å²) in [5.41, 5.74) is 0.993. The zero-order chi connectivity index (χ0) is 16.2. The van der Waals surface area contributed by atoms with E-state index in [4.69, 9.17) is 0 Å². The average molecular weight is 329 g/mol. The fraction of sp³-hybridized carbons (Fsp3) is 0.733. The molecule has 0 aromatic carbocycles. The molecule has 1 aliphatic heterocycles. The summed E-state index contributed by atoms with van der Waals surface area (Å²) in [5.74, 6) is 1.25. The highest BCUT2D eigenvalue weighted by Gasteiger charge is 2.42. The van der Waals surface area contributed by atoms with Gasteiger partial charge in [0.1, 0.15) is 5.78 Å². The van der Waals surface area contributed by atoms with Crippen molar-refractivity contribution in [2.24, 2.45) is 11.8 Å². The largest absolute Gasteiger partial charge is 0.522 e. The van der Waals surface area contributed by atoms with Gasteiger partial charge in [0.25, 0.3) is 0 Å². The molecule has 0 radical (unpaired) electrons. The Labute approximate surface area is 131 Å². The van der Waals surface area contributed by atoms with Gasteiger partial charge < -0.3 is 4.90 Å². The number of rotatable bonds is 3. The van der Waals surface area contributed by atoms with Gasteiger partial charge in [-0.25, -0.2) is 0 Å². The first-order valence-corrected chi connectivity index (χ1v) is 7.93. The average Bonchev–Trinajstić information content (AvgIpc) is 3.05. The van der Waals surface area contributed by atoms with Crippen LogP contribution in [0.4, 0.5) is 18.9 Å². The van der Waals surface area contributed by atoms with E-state index in [2.05, 4.69) is 14.7 Å². The van der Waals surface area contributed by atoms with E-state index in [-0.39, 0.29) is 6.04 Å². The van der Waals surface area contributed by atoms with Crippen molar-refractivity contribution in [2.45, 2.75) is 44.2 Å². The van der Waals surface area contributed by atoms with E-state index in [0.717, 1.165) is 18.8 Å². The van der Waals surface area contributed by atoms with Gasteiger partial charge in [-0.3, -0.25) is 14.2 Å². The molecule has 2 aliphatic carbocycles. The Bertz CT molecular complexity index is 593. The standard InChI is InChI=1S/C15H18F3N3O2/c16-15(17,18)23-14-3-11(4-14)21-8-12(5-19-21)20-6-9-1-13(22)2-10(9)7-20/h5,8-11,14H,1-4,6-7H2/t9?,10?,11-,14+. The number of ketones is 1. The van der Waals surface area contributed by atoms with E-state index < -0.39 is 12.5 Å². The van der Waals surface area contributed by atoms with E-state index in [1.807, 2.05) is 6.20 Å². The molecule has 8 heteroatoms. The normalized spacial score (nSPS) is 33.9. The highest BCUT2D eigenvalue weighted by Crippen LogP contribution is 2.40. The van der Waals surface area contributed by atoms with Gasteiger partial charge in [0.05, 0.1) is 24.0 Å². The van der Waals surface area contributed by atoms with Crippen molar-refractivity contribution in [1.29, 1.82) is 0 Å². The van der Waals surface area contributed by atoms with Crippen LogP contribution < -0.4 is 4.90 Å². The Morgan fingerprint density at radius 1 is 1.17 bits per heavy atom. The third-order valence-electron chi connectivity index (χ3n) is 5.25.